The second kappa shape index (κ2) is 5.65. The number of aliphatic carboxylic acids is 1. The number of nitrogens with zero attached hydrogens (tertiary/aromatic N) is 3. The van der Waals surface area contributed by atoms with Crippen LogP contribution in [0.3, 0.4) is 0 Å². The average molecular weight is 370 g/mol. The number of rotatable bonds is 5. The predicted octanol–water partition coefficient (Wildman–Crippen LogP) is 0.0418. The van der Waals surface area contributed by atoms with Crippen molar-refractivity contribution in [2.75, 3.05) is 5.75 Å². The number of β-lactam (4-membered cyclic amide) rings is 1. The van der Waals surface area contributed by atoms with Crippen LogP contribution >= 0.6 is 35.3 Å². The van der Waals surface area contributed by atoms with Crippen molar-refractivity contribution in [2.24, 2.45) is 0 Å². The number of amides is 2. The third-order valence-corrected chi connectivity index (χ3v) is 6.20. The van der Waals surface area contributed by atoms with Crippen LogP contribution in [-0.2, 0) is 14.4 Å². The van der Waals surface area contributed by atoms with Crippen molar-refractivity contribution in [3.8, 4) is 0 Å². The van der Waals surface area contributed by atoms with Crippen LogP contribution in [0, 0.1) is 6.92 Å². The van der Waals surface area contributed by atoms with Gasteiger partial charge in [-0.05, 0) is 6.92 Å². The molecule has 1 aromatic heterocycles. The van der Waals surface area contributed by atoms with E-state index in [2.05, 4.69) is 15.5 Å². The van der Waals surface area contributed by atoms with E-state index in [0.717, 1.165) is 4.90 Å². The molecule has 0 aromatic carbocycles. The van der Waals surface area contributed by atoms with Crippen molar-refractivity contribution in [2.45, 2.75) is 17.8 Å². The molecule has 2 amide bonds. The van der Waals surface area contributed by atoms with E-state index in [1.807, 2.05) is 0 Å². The molecule has 3 heterocycles. The van der Waals surface area contributed by atoms with Crippen LogP contribution in [0.25, 0.3) is 5.57 Å². The summed E-state index contributed by atoms with van der Waals surface area (Å²) in [7, 11) is 0. The van der Waals surface area contributed by atoms with Gasteiger partial charge >= 0.3 is 5.97 Å². The fourth-order valence-electron chi connectivity index (χ4n) is 2.54. The van der Waals surface area contributed by atoms with Crippen LogP contribution < -0.4 is 5.32 Å². The highest BCUT2D eigenvalue weighted by Gasteiger charge is 2.64. The first-order valence-electron chi connectivity index (χ1n) is 6.36. The molecule has 0 spiro atoms. The fourth-order valence-corrected chi connectivity index (χ4v) is 5.19. The number of fused-ring (bicyclic) bond motifs is 1. The molecule has 2 aliphatic rings. The molecule has 3 rings (SSSR count). The van der Waals surface area contributed by atoms with E-state index in [-0.39, 0.29) is 5.70 Å². The van der Waals surface area contributed by atoms with Gasteiger partial charge in [0.1, 0.15) is 21.1 Å². The van der Waals surface area contributed by atoms with Crippen LogP contribution in [0.2, 0.25) is 0 Å². The van der Waals surface area contributed by atoms with Crippen molar-refractivity contribution >= 4 is 64.5 Å². The lowest BCUT2D eigenvalue weighted by atomic mass is 9.88. The number of carboxylic acid groups (broad SMARTS) is 1. The van der Waals surface area contributed by atoms with Gasteiger partial charge in [0.05, 0.1) is 0 Å². The fraction of sp³-hybridized carbons (Fsp3) is 0.333. The van der Waals surface area contributed by atoms with Crippen molar-refractivity contribution in [3.63, 3.8) is 0 Å². The number of hydrogen-bond acceptors (Lipinski definition) is 8. The van der Waals surface area contributed by atoms with E-state index >= 15 is 0 Å². The molecule has 2 aliphatic heterocycles. The highest BCUT2D eigenvalue weighted by atomic mass is 32.2. The number of thioether (sulfide) groups is 1. The molecule has 120 valence electrons. The molecule has 2 N–H and O–H groups in total. The molecule has 0 bridgehead atoms. The maximum Gasteiger partial charge on any atom is 0.353 e. The number of hydrogen-bond donors (Lipinski definition) is 2. The molecule has 0 unspecified atom stereocenters. The first-order valence-corrected chi connectivity index (χ1v) is 8.69. The quantitative estimate of drug-likeness (QED) is 0.424. The lowest BCUT2D eigenvalue weighted by molar-refractivity contribution is -0.152. The molecule has 1 aromatic rings. The number of carbonyl (C=O) groups is 3. The Morgan fingerprint density at radius 2 is 2.30 bits per heavy atom. The molecule has 0 saturated carbocycles. The van der Waals surface area contributed by atoms with Crippen LogP contribution in [-0.4, -0.2) is 60.5 Å². The Morgan fingerprint density at radius 3 is 2.83 bits per heavy atom. The first kappa shape index (κ1) is 16.0. The van der Waals surface area contributed by atoms with Gasteiger partial charge < -0.3 is 10.4 Å². The van der Waals surface area contributed by atoms with E-state index in [0.29, 0.717) is 27.8 Å². The van der Waals surface area contributed by atoms with Crippen molar-refractivity contribution in [1.82, 2.24) is 20.4 Å². The van der Waals surface area contributed by atoms with Gasteiger partial charge in [-0.2, -0.15) is 0 Å². The Kier molecular flexibility index (Phi) is 3.94. The molecule has 0 radical (unpaired) electrons. The molecule has 0 aliphatic carbocycles. The maximum absolute atomic E-state index is 12.5. The highest BCUT2D eigenvalue weighted by Crippen LogP contribution is 2.47. The smallest absolute Gasteiger partial charge is 0.353 e. The Morgan fingerprint density at radius 1 is 1.57 bits per heavy atom. The Balaban J connectivity index is 2.08. The topological polar surface area (TPSA) is 112 Å². The van der Waals surface area contributed by atoms with Gasteiger partial charge in [0.2, 0.25) is 6.41 Å². The van der Waals surface area contributed by atoms with Crippen molar-refractivity contribution < 1.29 is 19.5 Å². The van der Waals surface area contributed by atoms with Gasteiger partial charge in [0, 0.05) is 16.7 Å². The number of thiocarbonyl (C=S) groups is 1. The van der Waals surface area contributed by atoms with Crippen LogP contribution in [0.1, 0.15) is 10.0 Å². The average Bonchev–Trinajstić information content (AvgIpc) is 2.96. The zero-order valence-corrected chi connectivity index (χ0v) is 14.1. The van der Waals surface area contributed by atoms with E-state index in [9.17, 15) is 19.5 Å². The predicted molar refractivity (Wildman–Crippen MR) is 87.9 cm³/mol. The van der Waals surface area contributed by atoms with Gasteiger partial charge in [-0.3, -0.25) is 14.5 Å². The number of nitrogens with one attached hydrogen (secondary N) is 1. The van der Waals surface area contributed by atoms with Gasteiger partial charge in [-0.1, -0.05) is 23.6 Å². The first-order chi connectivity index (χ1) is 11.0. The van der Waals surface area contributed by atoms with Gasteiger partial charge in [0.25, 0.3) is 5.91 Å². The zero-order valence-electron chi connectivity index (χ0n) is 11.7. The number of aryl methyl sites for hydroxylation is 1. The summed E-state index contributed by atoms with van der Waals surface area (Å²) in [4.78, 5) is 36.2. The van der Waals surface area contributed by atoms with Gasteiger partial charge in [0.15, 0.2) is 5.54 Å². The monoisotopic (exact) mass is 370 g/mol. The summed E-state index contributed by atoms with van der Waals surface area (Å²) < 4.78 is 0. The second-order valence-corrected chi connectivity index (χ2v) is 7.33. The summed E-state index contributed by atoms with van der Waals surface area (Å²) in [6.07, 6.45) is 0.395. The maximum atomic E-state index is 12.5. The SMILES string of the molecule is Cc1nnc(C2=C(C(=O)O)N3C(=O)[C@@](C=S)(NC=O)[C@@H]3SC2)s1. The van der Waals surface area contributed by atoms with E-state index in [1.54, 1.807) is 6.92 Å². The summed E-state index contributed by atoms with van der Waals surface area (Å²) in [6.45, 7) is 1.76. The van der Waals surface area contributed by atoms with Gasteiger partial charge in [-0.15, -0.1) is 22.0 Å². The summed E-state index contributed by atoms with van der Waals surface area (Å²) in [5.74, 6) is -1.46. The van der Waals surface area contributed by atoms with Crippen LogP contribution in [0.5, 0.6) is 0 Å². The third kappa shape index (κ3) is 2.18. The molecule has 11 heteroatoms. The minimum atomic E-state index is -1.34. The Hall–Kier alpha value is -1.85. The number of carbonyl (C=O) groups excluding carboxylic acids is 2. The molecule has 1 saturated heterocycles. The molecule has 8 nitrogen and oxygen atoms in total. The summed E-state index contributed by atoms with van der Waals surface area (Å²) in [5.41, 5.74) is -1.03. The van der Waals surface area contributed by atoms with E-state index in [1.165, 1.54) is 28.5 Å². The Bertz CT molecular complexity index is 761. The molecular formula is C12H10N4O4S3. The largest absolute Gasteiger partial charge is 0.477 e. The summed E-state index contributed by atoms with van der Waals surface area (Å²) in [6, 6.07) is 0. The second-order valence-electron chi connectivity index (χ2n) is 4.85. The standard InChI is InChI=1S/C12H10N4O4S3/c1-5-14-15-8(23-5)6-2-22-11-12(3-21,13-4-17)10(20)16(11)7(6)9(18)19/h3-4,11H,2H2,1H3,(H,13,17)(H,18,19)/t11-,12+/m0/s1. The Labute approximate surface area is 143 Å². The van der Waals surface area contributed by atoms with Crippen molar-refractivity contribution in [1.29, 1.82) is 0 Å². The molecular weight excluding hydrogens is 360 g/mol. The zero-order chi connectivity index (χ0) is 16.8. The van der Waals surface area contributed by atoms with Gasteiger partial charge in [-0.25, -0.2) is 4.79 Å². The lowest BCUT2D eigenvalue weighted by Crippen LogP contribution is -2.79. The summed E-state index contributed by atoms with van der Waals surface area (Å²) >= 11 is 7.48. The van der Waals surface area contributed by atoms with Crippen LogP contribution in [0.4, 0.5) is 0 Å². The minimum Gasteiger partial charge on any atom is -0.477 e. The number of carboxylic acids is 1. The molecule has 1 fully saturated rings. The van der Waals surface area contributed by atoms with Crippen LogP contribution in [0.15, 0.2) is 5.70 Å². The third-order valence-electron chi connectivity index (χ3n) is 3.58. The highest BCUT2D eigenvalue weighted by molar-refractivity contribution is 8.00. The van der Waals surface area contributed by atoms with E-state index in [4.69, 9.17) is 12.2 Å². The lowest BCUT2D eigenvalue weighted by Gasteiger charge is -2.54. The number of aromatic nitrogens is 2. The van der Waals surface area contributed by atoms with E-state index < -0.39 is 22.8 Å². The van der Waals surface area contributed by atoms with Crippen molar-refractivity contribution in [3.05, 3.63) is 15.7 Å². The molecule has 2 atom stereocenters. The minimum absolute atomic E-state index is 0.130. The molecule has 23 heavy (non-hydrogen) atoms. The summed E-state index contributed by atoms with van der Waals surface area (Å²) in [5, 5.41) is 21.6. The normalized spacial score (nSPS) is 26.4.